The maximum absolute atomic E-state index is 6.10. The van der Waals surface area contributed by atoms with Crippen molar-refractivity contribution in [3.8, 4) is 0 Å². The molecule has 0 saturated carbocycles. The summed E-state index contributed by atoms with van der Waals surface area (Å²) in [7, 11) is 0. The number of aromatic nitrogens is 1. The van der Waals surface area contributed by atoms with Crippen LogP contribution in [-0.4, -0.2) is 4.98 Å². The standard InChI is InChI=1S/C11H14N2S2/c1-8-13-7-11(15-8)10(12)5-4-9-3-2-6-14-9/h2-3,6-7,10H,4-5,12H2,1H3. The van der Waals surface area contributed by atoms with E-state index < -0.39 is 0 Å². The lowest BCUT2D eigenvalue weighted by molar-refractivity contribution is 0.665. The van der Waals surface area contributed by atoms with Crippen LogP contribution in [0.1, 0.15) is 27.2 Å². The van der Waals surface area contributed by atoms with Crippen molar-refractivity contribution in [2.45, 2.75) is 25.8 Å². The minimum absolute atomic E-state index is 0.137. The zero-order valence-corrected chi connectivity index (χ0v) is 10.3. The molecule has 2 aromatic rings. The van der Waals surface area contributed by atoms with E-state index in [0.717, 1.165) is 17.8 Å². The first kappa shape index (κ1) is 10.8. The van der Waals surface area contributed by atoms with Gasteiger partial charge in [-0.25, -0.2) is 4.98 Å². The number of hydrogen-bond acceptors (Lipinski definition) is 4. The number of hydrogen-bond donors (Lipinski definition) is 1. The molecule has 0 radical (unpaired) electrons. The summed E-state index contributed by atoms with van der Waals surface area (Å²) < 4.78 is 0. The molecule has 0 aromatic carbocycles. The van der Waals surface area contributed by atoms with Gasteiger partial charge in [0.15, 0.2) is 0 Å². The molecule has 0 aliphatic rings. The second-order valence-electron chi connectivity index (χ2n) is 3.51. The lowest BCUT2D eigenvalue weighted by Crippen LogP contribution is -2.09. The molecule has 0 saturated heterocycles. The summed E-state index contributed by atoms with van der Waals surface area (Å²) in [6.07, 6.45) is 3.97. The van der Waals surface area contributed by atoms with Gasteiger partial charge < -0.3 is 5.73 Å². The first-order valence-corrected chi connectivity index (χ1v) is 6.65. The molecular formula is C11H14N2S2. The summed E-state index contributed by atoms with van der Waals surface area (Å²) in [6, 6.07) is 4.39. The number of nitrogens with two attached hydrogens (primary N) is 1. The molecule has 0 fully saturated rings. The summed E-state index contributed by atoms with van der Waals surface area (Å²) in [5.41, 5.74) is 6.10. The Labute approximate surface area is 97.8 Å². The third-order valence-electron chi connectivity index (χ3n) is 2.29. The van der Waals surface area contributed by atoms with E-state index in [1.54, 1.807) is 22.7 Å². The number of nitrogens with zero attached hydrogens (tertiary/aromatic N) is 1. The molecule has 15 heavy (non-hydrogen) atoms. The van der Waals surface area contributed by atoms with Crippen LogP contribution in [0, 0.1) is 6.92 Å². The molecule has 1 unspecified atom stereocenters. The Bertz CT molecular complexity index is 406. The molecule has 0 aliphatic heterocycles. The molecule has 0 bridgehead atoms. The van der Waals surface area contributed by atoms with Gasteiger partial charge in [-0.05, 0) is 31.2 Å². The van der Waals surface area contributed by atoms with E-state index in [4.69, 9.17) is 5.73 Å². The number of rotatable bonds is 4. The molecule has 2 aromatic heterocycles. The Balaban J connectivity index is 1.90. The summed E-state index contributed by atoms with van der Waals surface area (Å²) in [5, 5.41) is 3.20. The number of aryl methyl sites for hydroxylation is 2. The summed E-state index contributed by atoms with van der Waals surface area (Å²) >= 11 is 3.50. The van der Waals surface area contributed by atoms with Gasteiger partial charge in [0.1, 0.15) is 0 Å². The average Bonchev–Trinajstić information content (AvgIpc) is 2.84. The van der Waals surface area contributed by atoms with E-state index in [0.29, 0.717) is 0 Å². The van der Waals surface area contributed by atoms with Crippen LogP contribution >= 0.6 is 22.7 Å². The smallest absolute Gasteiger partial charge is 0.0897 e. The second-order valence-corrected chi connectivity index (χ2v) is 5.80. The zero-order chi connectivity index (χ0) is 10.7. The van der Waals surface area contributed by atoms with Crippen molar-refractivity contribution in [1.82, 2.24) is 4.98 Å². The number of thiophene rings is 1. The summed E-state index contributed by atoms with van der Waals surface area (Å²) in [6.45, 7) is 2.01. The van der Waals surface area contributed by atoms with Crippen LogP contribution in [0.3, 0.4) is 0 Å². The van der Waals surface area contributed by atoms with Crippen molar-refractivity contribution in [2.75, 3.05) is 0 Å². The van der Waals surface area contributed by atoms with Crippen LogP contribution in [-0.2, 0) is 6.42 Å². The second kappa shape index (κ2) is 4.88. The van der Waals surface area contributed by atoms with Crippen molar-refractivity contribution in [3.05, 3.63) is 38.5 Å². The van der Waals surface area contributed by atoms with Gasteiger partial charge >= 0.3 is 0 Å². The molecule has 2 N–H and O–H groups in total. The molecule has 0 amide bonds. The third-order valence-corrected chi connectivity index (χ3v) is 4.27. The highest BCUT2D eigenvalue weighted by atomic mass is 32.1. The maximum atomic E-state index is 6.10. The average molecular weight is 238 g/mol. The van der Waals surface area contributed by atoms with Crippen LogP contribution in [0.25, 0.3) is 0 Å². The van der Waals surface area contributed by atoms with Gasteiger partial charge in [0, 0.05) is 22.0 Å². The minimum atomic E-state index is 0.137. The third kappa shape index (κ3) is 2.87. The Morgan fingerprint density at radius 3 is 3.00 bits per heavy atom. The molecule has 1 atom stereocenters. The Hall–Kier alpha value is -0.710. The van der Waals surface area contributed by atoms with Crippen molar-refractivity contribution in [2.24, 2.45) is 5.73 Å². The topological polar surface area (TPSA) is 38.9 Å². The number of thiazole rings is 1. The van der Waals surface area contributed by atoms with Gasteiger partial charge in [-0.3, -0.25) is 0 Å². The minimum Gasteiger partial charge on any atom is -0.323 e. The monoisotopic (exact) mass is 238 g/mol. The van der Waals surface area contributed by atoms with E-state index in [2.05, 4.69) is 22.5 Å². The maximum Gasteiger partial charge on any atom is 0.0897 e. The predicted molar refractivity (Wildman–Crippen MR) is 66.4 cm³/mol. The van der Waals surface area contributed by atoms with E-state index in [9.17, 15) is 0 Å². The zero-order valence-electron chi connectivity index (χ0n) is 8.64. The van der Waals surface area contributed by atoms with Gasteiger partial charge in [-0.2, -0.15) is 0 Å². The van der Waals surface area contributed by atoms with Gasteiger partial charge in [0.2, 0.25) is 0 Å². The van der Waals surface area contributed by atoms with E-state index >= 15 is 0 Å². The van der Waals surface area contributed by atoms with Crippen molar-refractivity contribution in [1.29, 1.82) is 0 Å². The Morgan fingerprint density at radius 1 is 1.53 bits per heavy atom. The molecule has 2 rings (SSSR count). The molecule has 80 valence electrons. The fourth-order valence-electron chi connectivity index (χ4n) is 1.44. The van der Waals surface area contributed by atoms with Gasteiger partial charge in [-0.15, -0.1) is 22.7 Å². The summed E-state index contributed by atoms with van der Waals surface area (Å²) in [5.74, 6) is 0. The molecule has 0 spiro atoms. The highest BCUT2D eigenvalue weighted by Gasteiger charge is 2.09. The first-order chi connectivity index (χ1) is 7.25. The normalized spacial score (nSPS) is 12.9. The van der Waals surface area contributed by atoms with Gasteiger partial charge in [0.25, 0.3) is 0 Å². The van der Waals surface area contributed by atoms with Crippen LogP contribution in [0.5, 0.6) is 0 Å². The SMILES string of the molecule is Cc1ncc(C(N)CCc2cccs2)s1. The lowest BCUT2D eigenvalue weighted by atomic mass is 10.1. The summed E-state index contributed by atoms with van der Waals surface area (Å²) in [4.78, 5) is 6.83. The largest absolute Gasteiger partial charge is 0.323 e. The highest BCUT2D eigenvalue weighted by Crippen LogP contribution is 2.23. The Morgan fingerprint density at radius 2 is 2.40 bits per heavy atom. The van der Waals surface area contributed by atoms with Crippen LogP contribution in [0.15, 0.2) is 23.7 Å². The van der Waals surface area contributed by atoms with E-state index in [1.165, 1.54) is 9.75 Å². The van der Waals surface area contributed by atoms with Crippen molar-refractivity contribution < 1.29 is 0 Å². The first-order valence-electron chi connectivity index (χ1n) is 4.96. The van der Waals surface area contributed by atoms with Crippen LogP contribution in [0.2, 0.25) is 0 Å². The quantitative estimate of drug-likeness (QED) is 0.888. The highest BCUT2D eigenvalue weighted by molar-refractivity contribution is 7.11. The Kier molecular flexibility index (Phi) is 3.51. The van der Waals surface area contributed by atoms with E-state index in [1.807, 2.05) is 13.1 Å². The molecule has 0 aliphatic carbocycles. The fourth-order valence-corrected chi connectivity index (χ4v) is 2.99. The fraction of sp³-hybridized carbons (Fsp3) is 0.364. The van der Waals surface area contributed by atoms with Crippen LogP contribution < -0.4 is 5.73 Å². The molecule has 2 nitrogen and oxygen atoms in total. The predicted octanol–water partition coefficient (Wildman–Crippen LogP) is 3.15. The van der Waals surface area contributed by atoms with Crippen molar-refractivity contribution in [3.63, 3.8) is 0 Å². The van der Waals surface area contributed by atoms with Crippen molar-refractivity contribution >= 4 is 22.7 Å². The molecule has 2 heterocycles. The van der Waals surface area contributed by atoms with Crippen LogP contribution in [0.4, 0.5) is 0 Å². The van der Waals surface area contributed by atoms with Gasteiger partial charge in [0.05, 0.1) is 5.01 Å². The van der Waals surface area contributed by atoms with Gasteiger partial charge in [-0.1, -0.05) is 6.07 Å². The lowest BCUT2D eigenvalue weighted by Gasteiger charge is -2.07. The van der Waals surface area contributed by atoms with E-state index in [-0.39, 0.29) is 6.04 Å². The molecule has 4 heteroatoms. The molecular weight excluding hydrogens is 224 g/mol.